The number of carbonyl (C=O) groups is 1. The predicted octanol–water partition coefficient (Wildman–Crippen LogP) is 6.70. The zero-order valence-electron chi connectivity index (χ0n) is 22.3. The molecule has 0 unspecified atom stereocenters. The molecule has 8 nitrogen and oxygen atoms in total. The molecule has 6 rings (SSSR count). The van der Waals surface area contributed by atoms with Crippen molar-refractivity contribution in [2.24, 2.45) is 0 Å². The first-order chi connectivity index (χ1) is 19.8. The number of nitrogens with zero attached hydrogens (tertiary/aromatic N) is 3. The number of piperidine rings is 1. The number of aliphatic hydroxyl groups is 1. The molecule has 0 radical (unpaired) electrons. The average Bonchev–Trinajstić information content (AvgIpc) is 3.61. The summed E-state index contributed by atoms with van der Waals surface area (Å²) in [6.45, 7) is 1.23. The smallest absolute Gasteiger partial charge is 0.337 e. The Bertz CT molecular complexity index is 1570. The van der Waals surface area contributed by atoms with Crippen LogP contribution in [0.25, 0.3) is 22.2 Å². The number of fused-ring (bicyclic) bond motifs is 1. The van der Waals surface area contributed by atoms with Gasteiger partial charge in [-0.15, -0.1) is 0 Å². The largest absolute Gasteiger partial charge is 0.478 e. The lowest BCUT2D eigenvalue weighted by molar-refractivity contribution is -0.00756. The number of benzene rings is 2. The van der Waals surface area contributed by atoms with Crippen LogP contribution in [0.15, 0.2) is 47.1 Å². The lowest BCUT2D eigenvalue weighted by Gasteiger charge is -2.37. The maximum Gasteiger partial charge on any atom is 0.337 e. The minimum Gasteiger partial charge on any atom is -0.478 e. The van der Waals surface area contributed by atoms with Gasteiger partial charge in [-0.2, -0.15) is 0 Å². The van der Waals surface area contributed by atoms with Crippen LogP contribution in [0.1, 0.15) is 53.3 Å². The lowest BCUT2D eigenvalue weighted by atomic mass is 9.93. The van der Waals surface area contributed by atoms with Gasteiger partial charge in [0, 0.05) is 66.8 Å². The minimum atomic E-state index is -1.49. The molecule has 2 aromatic heterocycles. The van der Waals surface area contributed by atoms with Crippen molar-refractivity contribution in [1.82, 2.24) is 9.72 Å². The summed E-state index contributed by atoms with van der Waals surface area (Å²) in [4.78, 5) is 13.8. The van der Waals surface area contributed by atoms with Gasteiger partial charge in [0.2, 0.25) is 0 Å². The number of ether oxygens (including phenoxy) is 1. The van der Waals surface area contributed by atoms with Gasteiger partial charge in [0.1, 0.15) is 17.1 Å². The molecule has 0 bridgehead atoms. The van der Waals surface area contributed by atoms with Crippen molar-refractivity contribution in [3.05, 3.63) is 69.5 Å². The summed E-state index contributed by atoms with van der Waals surface area (Å²) in [5.41, 5.74) is 2.20. The van der Waals surface area contributed by atoms with Crippen LogP contribution in [-0.2, 0) is 17.9 Å². The molecule has 2 aliphatic rings. The van der Waals surface area contributed by atoms with Crippen molar-refractivity contribution < 1.29 is 28.7 Å². The molecule has 41 heavy (non-hydrogen) atoms. The molecule has 0 atom stereocenters. The molecule has 1 saturated carbocycles. The van der Waals surface area contributed by atoms with E-state index in [0.29, 0.717) is 39.8 Å². The maximum absolute atomic E-state index is 15.9. The molecule has 1 aliphatic heterocycles. The van der Waals surface area contributed by atoms with Crippen LogP contribution in [0, 0.1) is 0 Å². The second-order valence-electron chi connectivity index (χ2n) is 10.8. The van der Waals surface area contributed by atoms with E-state index < -0.39 is 11.6 Å². The van der Waals surface area contributed by atoms with Gasteiger partial charge in [0.05, 0.1) is 40.9 Å². The Labute approximate surface area is 246 Å². The standard InChI is InChI=1S/C30H30Cl2FN3O5/c31-23-2-1-3-24(32)26(23)27-22(28(41-34-27)18-4-5-18)16-40-17-30(33)8-10-35(11-9-30)19-6-7-20-21(29(38)39)15-36(12-13-37)25(20)14-19/h1-3,6-7,14-15,18,37H,4-5,8-13,16-17H2,(H,38,39). The number of carboxylic acids is 1. The first kappa shape index (κ1) is 28.0. The molecule has 0 amide bonds. The first-order valence-corrected chi connectivity index (χ1v) is 14.4. The van der Waals surface area contributed by atoms with E-state index in [-0.39, 0.29) is 50.7 Å². The number of hydrogen-bond acceptors (Lipinski definition) is 6. The highest BCUT2D eigenvalue weighted by Gasteiger charge is 2.37. The number of aliphatic hydroxyl groups excluding tert-OH is 1. The maximum atomic E-state index is 15.9. The van der Waals surface area contributed by atoms with Gasteiger partial charge in [-0.25, -0.2) is 9.18 Å². The highest BCUT2D eigenvalue weighted by atomic mass is 35.5. The van der Waals surface area contributed by atoms with Crippen molar-refractivity contribution in [2.45, 2.75) is 50.4 Å². The van der Waals surface area contributed by atoms with Crippen LogP contribution in [0.2, 0.25) is 10.0 Å². The van der Waals surface area contributed by atoms with Crippen molar-refractivity contribution in [2.75, 3.05) is 31.2 Å². The molecule has 216 valence electrons. The molecule has 11 heteroatoms. The van der Waals surface area contributed by atoms with E-state index in [1.807, 2.05) is 12.1 Å². The Morgan fingerprint density at radius 1 is 1.17 bits per heavy atom. The van der Waals surface area contributed by atoms with E-state index in [9.17, 15) is 15.0 Å². The molecule has 1 aliphatic carbocycles. The first-order valence-electron chi connectivity index (χ1n) is 13.7. The second kappa shape index (κ2) is 11.3. The Hall–Kier alpha value is -3.11. The van der Waals surface area contributed by atoms with Crippen LogP contribution in [-0.4, -0.2) is 57.9 Å². The third-order valence-corrected chi connectivity index (χ3v) is 8.67. The number of anilines is 1. The molecule has 2 N–H and O–H groups in total. The summed E-state index contributed by atoms with van der Waals surface area (Å²) in [6, 6.07) is 10.8. The molecular formula is C30H30Cl2FN3O5. The van der Waals surface area contributed by atoms with Crippen molar-refractivity contribution in [3.63, 3.8) is 0 Å². The molecule has 3 heterocycles. The van der Waals surface area contributed by atoms with E-state index in [2.05, 4.69) is 10.1 Å². The SMILES string of the molecule is O=C(O)c1cn(CCO)c2cc(N3CCC(F)(COCc4c(-c5c(Cl)cccc5Cl)noc4C4CC4)CC3)ccc12. The molecular weight excluding hydrogens is 572 g/mol. The Morgan fingerprint density at radius 3 is 2.56 bits per heavy atom. The number of halogens is 3. The van der Waals surface area contributed by atoms with E-state index in [0.717, 1.165) is 35.4 Å². The van der Waals surface area contributed by atoms with Gasteiger partial charge in [-0.3, -0.25) is 0 Å². The number of carboxylic acid groups (broad SMARTS) is 1. The van der Waals surface area contributed by atoms with Crippen LogP contribution in [0.4, 0.5) is 10.1 Å². The number of aromatic nitrogens is 2. The predicted molar refractivity (Wildman–Crippen MR) is 155 cm³/mol. The summed E-state index contributed by atoms with van der Waals surface area (Å²) < 4.78 is 29.3. The molecule has 1 saturated heterocycles. The summed E-state index contributed by atoms with van der Waals surface area (Å²) in [5.74, 6) is 0.0179. The second-order valence-corrected chi connectivity index (χ2v) is 11.7. The Balaban J connectivity index is 1.13. The topological polar surface area (TPSA) is 101 Å². The van der Waals surface area contributed by atoms with E-state index in [1.54, 1.807) is 35.0 Å². The van der Waals surface area contributed by atoms with E-state index in [4.69, 9.17) is 32.5 Å². The van der Waals surface area contributed by atoms with Crippen molar-refractivity contribution in [3.8, 4) is 11.3 Å². The van der Waals surface area contributed by atoms with Crippen LogP contribution in [0.3, 0.4) is 0 Å². The Morgan fingerprint density at radius 2 is 1.90 bits per heavy atom. The van der Waals surface area contributed by atoms with Gasteiger partial charge in [-0.1, -0.05) is 34.4 Å². The third kappa shape index (κ3) is 5.56. The summed E-state index contributed by atoms with van der Waals surface area (Å²) in [6.07, 6.45) is 4.13. The average molecular weight is 602 g/mol. The highest BCUT2D eigenvalue weighted by Crippen LogP contribution is 2.46. The van der Waals surface area contributed by atoms with Gasteiger partial charge >= 0.3 is 5.97 Å². The van der Waals surface area contributed by atoms with E-state index >= 15 is 4.39 Å². The monoisotopic (exact) mass is 601 g/mol. The minimum absolute atomic E-state index is 0.0633. The van der Waals surface area contributed by atoms with Gasteiger partial charge in [0.15, 0.2) is 0 Å². The number of rotatable bonds is 10. The summed E-state index contributed by atoms with van der Waals surface area (Å²) in [7, 11) is 0. The van der Waals surface area contributed by atoms with Gasteiger partial charge in [-0.05, 0) is 43.2 Å². The highest BCUT2D eigenvalue weighted by molar-refractivity contribution is 6.39. The molecule has 4 aromatic rings. The zero-order chi connectivity index (χ0) is 28.7. The van der Waals surface area contributed by atoms with E-state index in [1.165, 1.54) is 0 Å². The fourth-order valence-corrected chi connectivity index (χ4v) is 6.21. The molecule has 2 aromatic carbocycles. The fourth-order valence-electron chi connectivity index (χ4n) is 5.63. The Kier molecular flexibility index (Phi) is 7.72. The molecule has 2 fully saturated rings. The van der Waals surface area contributed by atoms with Crippen LogP contribution >= 0.6 is 23.2 Å². The zero-order valence-corrected chi connectivity index (χ0v) is 23.8. The normalized spacial score (nSPS) is 16.9. The van der Waals surface area contributed by atoms with Crippen molar-refractivity contribution >= 4 is 45.8 Å². The lowest BCUT2D eigenvalue weighted by Crippen LogP contribution is -2.44. The summed E-state index contributed by atoms with van der Waals surface area (Å²) >= 11 is 12.9. The third-order valence-electron chi connectivity index (χ3n) is 8.04. The fraction of sp³-hybridized carbons (Fsp3) is 0.400. The number of aromatic carboxylic acids is 1. The number of alkyl halides is 1. The quantitative estimate of drug-likeness (QED) is 0.209. The summed E-state index contributed by atoms with van der Waals surface area (Å²) in [5, 5.41) is 24.8. The van der Waals surface area contributed by atoms with Crippen molar-refractivity contribution in [1.29, 1.82) is 0 Å². The molecule has 0 spiro atoms. The van der Waals surface area contributed by atoms with Gasteiger partial charge < -0.3 is 28.9 Å². The van der Waals surface area contributed by atoms with Gasteiger partial charge in [0.25, 0.3) is 0 Å². The van der Waals surface area contributed by atoms with Crippen LogP contribution in [0.5, 0.6) is 0 Å². The number of hydrogen-bond donors (Lipinski definition) is 2. The van der Waals surface area contributed by atoms with Crippen LogP contribution < -0.4 is 4.90 Å².